The molecule has 0 bridgehead atoms. The second-order valence-corrected chi connectivity index (χ2v) is 5.81. The zero-order valence-corrected chi connectivity index (χ0v) is 12.8. The highest BCUT2D eigenvalue weighted by molar-refractivity contribution is 7.15. The number of nitrogens with zero attached hydrogens (tertiary/aromatic N) is 3. The number of anilines is 1. The summed E-state index contributed by atoms with van der Waals surface area (Å²) in [5.41, 5.74) is -2.26. The maximum atomic E-state index is 12.2. The Labute approximate surface area is 136 Å². The van der Waals surface area contributed by atoms with Crippen LogP contribution in [0.1, 0.15) is 15.4 Å². The summed E-state index contributed by atoms with van der Waals surface area (Å²) in [5, 5.41) is 31.4. The number of rotatable bonds is 3. The van der Waals surface area contributed by atoms with Gasteiger partial charge in [0.25, 0.3) is 11.6 Å². The molecule has 2 aromatic heterocycles. The minimum atomic E-state index is -1.13. The summed E-state index contributed by atoms with van der Waals surface area (Å²) >= 11 is 1.09. The summed E-state index contributed by atoms with van der Waals surface area (Å²) in [6.07, 6.45) is 0. The van der Waals surface area contributed by atoms with Crippen LogP contribution in [0.2, 0.25) is 0 Å². The van der Waals surface area contributed by atoms with Gasteiger partial charge in [-0.2, -0.15) is 0 Å². The van der Waals surface area contributed by atoms with Gasteiger partial charge in [0.1, 0.15) is 16.3 Å². The average Bonchev–Trinajstić information content (AvgIpc) is 2.91. The van der Waals surface area contributed by atoms with Gasteiger partial charge in [0.15, 0.2) is 5.56 Å². The van der Waals surface area contributed by atoms with Crippen LogP contribution in [0.5, 0.6) is 5.75 Å². The van der Waals surface area contributed by atoms with E-state index in [2.05, 4.69) is 15.5 Å². The fourth-order valence-electron chi connectivity index (χ4n) is 1.99. The molecule has 0 spiro atoms. The number of nitro groups is 1. The van der Waals surface area contributed by atoms with Gasteiger partial charge in [0.2, 0.25) is 5.13 Å². The van der Waals surface area contributed by atoms with Crippen LogP contribution in [-0.2, 0) is 0 Å². The molecule has 1 aromatic carbocycles. The lowest BCUT2D eigenvalue weighted by Gasteiger charge is -2.05. The zero-order chi connectivity index (χ0) is 17.4. The second-order valence-electron chi connectivity index (χ2n) is 4.63. The highest BCUT2D eigenvalue weighted by Crippen LogP contribution is 2.29. The predicted molar refractivity (Wildman–Crippen MR) is 83.4 cm³/mol. The maximum Gasteiger partial charge on any atom is 0.353 e. The van der Waals surface area contributed by atoms with Crippen molar-refractivity contribution >= 4 is 39.0 Å². The number of aromatic nitrogens is 2. The van der Waals surface area contributed by atoms with E-state index in [1.54, 1.807) is 6.92 Å². The SMILES string of the molecule is Cc1nnc(NC(=O)c2c(O)c3ccc([N+](=O)[O-])cc3oc2=O)s1. The predicted octanol–water partition coefficient (Wildman–Crippen LogP) is 1.82. The number of nitrogens with one attached hydrogen (secondary N) is 1. The molecule has 3 aromatic rings. The van der Waals surface area contributed by atoms with E-state index in [4.69, 9.17) is 4.42 Å². The molecule has 0 saturated carbocycles. The topological polar surface area (TPSA) is 148 Å². The summed E-state index contributed by atoms with van der Waals surface area (Å²) in [5.74, 6) is -1.55. The number of carbonyl (C=O) groups excluding carboxylic acids is 1. The molecular formula is C13H8N4O6S. The minimum absolute atomic E-state index is 0.00112. The van der Waals surface area contributed by atoms with Crippen molar-refractivity contribution in [3.05, 3.63) is 49.3 Å². The number of hydrogen-bond donors (Lipinski definition) is 2. The molecule has 0 radical (unpaired) electrons. The third kappa shape index (κ3) is 2.67. The van der Waals surface area contributed by atoms with Crippen molar-refractivity contribution in [2.24, 2.45) is 0 Å². The maximum absolute atomic E-state index is 12.2. The van der Waals surface area contributed by atoms with E-state index in [0.717, 1.165) is 23.5 Å². The first-order chi connectivity index (χ1) is 11.4. The van der Waals surface area contributed by atoms with E-state index >= 15 is 0 Å². The fraction of sp³-hybridized carbons (Fsp3) is 0.0769. The third-order valence-corrected chi connectivity index (χ3v) is 3.80. The number of benzene rings is 1. The third-order valence-electron chi connectivity index (χ3n) is 3.05. The van der Waals surface area contributed by atoms with Crippen molar-refractivity contribution in [2.75, 3.05) is 5.32 Å². The molecule has 2 heterocycles. The van der Waals surface area contributed by atoms with Crippen molar-refractivity contribution in [1.29, 1.82) is 0 Å². The molecule has 0 saturated heterocycles. The quantitative estimate of drug-likeness (QED) is 0.413. The second kappa shape index (κ2) is 5.70. The minimum Gasteiger partial charge on any atom is -0.506 e. The molecule has 0 fully saturated rings. The number of fused-ring (bicyclic) bond motifs is 1. The van der Waals surface area contributed by atoms with Crippen molar-refractivity contribution < 1.29 is 19.2 Å². The average molecular weight is 348 g/mol. The van der Waals surface area contributed by atoms with Crippen molar-refractivity contribution in [3.63, 3.8) is 0 Å². The van der Waals surface area contributed by atoms with Crippen LogP contribution in [0.3, 0.4) is 0 Å². The number of hydrogen-bond acceptors (Lipinski definition) is 9. The van der Waals surface area contributed by atoms with Gasteiger partial charge < -0.3 is 9.52 Å². The number of amides is 1. The molecule has 11 heteroatoms. The zero-order valence-electron chi connectivity index (χ0n) is 12.0. The molecule has 3 rings (SSSR count). The monoisotopic (exact) mass is 348 g/mol. The first-order valence-electron chi connectivity index (χ1n) is 6.42. The largest absolute Gasteiger partial charge is 0.506 e. The number of nitro benzene ring substituents is 1. The van der Waals surface area contributed by atoms with Crippen LogP contribution >= 0.6 is 11.3 Å². The van der Waals surface area contributed by atoms with E-state index in [0.29, 0.717) is 5.01 Å². The van der Waals surface area contributed by atoms with Crippen molar-refractivity contribution in [2.45, 2.75) is 6.92 Å². The Kier molecular flexibility index (Phi) is 3.69. The fourth-order valence-corrected chi connectivity index (χ4v) is 2.58. The Morgan fingerprint density at radius 2 is 2.17 bits per heavy atom. The van der Waals surface area contributed by atoms with Crippen LogP contribution in [0.4, 0.5) is 10.8 Å². The van der Waals surface area contributed by atoms with Crippen LogP contribution in [0, 0.1) is 17.0 Å². The standard InChI is InChI=1S/C13H8N4O6S/c1-5-15-16-13(24-5)14-11(19)9-10(18)7-3-2-6(17(21)22)4-8(7)23-12(9)20/h2-4,18H,1H3,(H,14,16,19). The van der Waals surface area contributed by atoms with E-state index in [9.17, 15) is 24.8 Å². The summed E-state index contributed by atoms with van der Waals surface area (Å²) in [4.78, 5) is 34.2. The van der Waals surface area contributed by atoms with Crippen LogP contribution in [-0.4, -0.2) is 26.1 Å². The Balaban J connectivity index is 2.08. The molecule has 122 valence electrons. The Hall–Kier alpha value is -3.34. The summed E-state index contributed by atoms with van der Waals surface area (Å²) in [7, 11) is 0. The van der Waals surface area contributed by atoms with E-state index < -0.39 is 27.8 Å². The summed E-state index contributed by atoms with van der Waals surface area (Å²) in [6, 6.07) is 3.31. The Bertz CT molecular complexity index is 1040. The molecule has 2 N–H and O–H groups in total. The van der Waals surface area contributed by atoms with Crippen molar-refractivity contribution in [1.82, 2.24) is 10.2 Å². The van der Waals surface area contributed by atoms with Gasteiger partial charge in [-0.25, -0.2) is 4.79 Å². The first-order valence-corrected chi connectivity index (χ1v) is 7.24. The summed E-state index contributed by atoms with van der Waals surface area (Å²) in [6.45, 7) is 1.68. The van der Waals surface area contributed by atoms with Gasteiger partial charge in [-0.3, -0.25) is 20.2 Å². The van der Waals surface area contributed by atoms with Gasteiger partial charge in [0.05, 0.1) is 16.4 Å². The highest BCUT2D eigenvalue weighted by atomic mass is 32.1. The number of aromatic hydroxyl groups is 1. The lowest BCUT2D eigenvalue weighted by molar-refractivity contribution is -0.384. The summed E-state index contributed by atoms with van der Waals surface area (Å²) < 4.78 is 4.92. The molecular weight excluding hydrogens is 340 g/mol. The normalized spacial score (nSPS) is 10.7. The van der Waals surface area contributed by atoms with Gasteiger partial charge in [-0.15, -0.1) is 10.2 Å². The highest BCUT2D eigenvalue weighted by Gasteiger charge is 2.23. The van der Waals surface area contributed by atoms with E-state index in [1.807, 2.05) is 0 Å². The Morgan fingerprint density at radius 1 is 1.42 bits per heavy atom. The number of aryl methyl sites for hydroxylation is 1. The van der Waals surface area contributed by atoms with E-state index in [1.165, 1.54) is 6.07 Å². The molecule has 24 heavy (non-hydrogen) atoms. The van der Waals surface area contributed by atoms with Crippen LogP contribution in [0.15, 0.2) is 27.4 Å². The van der Waals surface area contributed by atoms with Gasteiger partial charge in [0, 0.05) is 6.07 Å². The van der Waals surface area contributed by atoms with Gasteiger partial charge in [-0.1, -0.05) is 11.3 Å². The molecule has 0 aliphatic rings. The molecule has 0 aliphatic carbocycles. The molecule has 1 amide bonds. The lowest BCUT2D eigenvalue weighted by Crippen LogP contribution is -2.21. The van der Waals surface area contributed by atoms with E-state index in [-0.39, 0.29) is 21.8 Å². The van der Waals surface area contributed by atoms with Gasteiger partial charge >= 0.3 is 5.63 Å². The molecule has 10 nitrogen and oxygen atoms in total. The number of carbonyl (C=O) groups is 1. The molecule has 0 atom stereocenters. The Morgan fingerprint density at radius 3 is 2.79 bits per heavy atom. The molecule has 0 aliphatic heterocycles. The van der Waals surface area contributed by atoms with Crippen LogP contribution in [0.25, 0.3) is 11.0 Å². The smallest absolute Gasteiger partial charge is 0.353 e. The molecule has 0 unspecified atom stereocenters. The lowest BCUT2D eigenvalue weighted by atomic mass is 10.1. The van der Waals surface area contributed by atoms with Gasteiger partial charge in [-0.05, 0) is 13.0 Å². The number of non-ortho nitro benzene ring substituents is 1. The first kappa shape index (κ1) is 15.6. The van der Waals surface area contributed by atoms with Crippen molar-refractivity contribution in [3.8, 4) is 5.75 Å². The van der Waals surface area contributed by atoms with Crippen LogP contribution < -0.4 is 10.9 Å².